The van der Waals surface area contributed by atoms with Crippen LogP contribution in [-0.4, -0.2) is 11.6 Å². The molecule has 1 rings (SSSR count). The van der Waals surface area contributed by atoms with Crippen LogP contribution in [0.5, 0.6) is 0 Å². The first-order valence-corrected chi connectivity index (χ1v) is 5.67. The van der Waals surface area contributed by atoms with Crippen molar-refractivity contribution in [1.29, 1.82) is 0 Å². The van der Waals surface area contributed by atoms with Crippen LogP contribution in [0, 0.1) is 0 Å². The predicted molar refractivity (Wildman–Crippen MR) is 67.5 cm³/mol. The minimum absolute atomic E-state index is 0.679. The van der Waals surface area contributed by atoms with Gasteiger partial charge in [0.2, 0.25) is 0 Å². The Morgan fingerprint density at radius 1 is 1.40 bits per heavy atom. The fourth-order valence-corrected chi connectivity index (χ4v) is 1.48. The van der Waals surface area contributed by atoms with E-state index in [0.717, 1.165) is 23.0 Å². The molecule has 3 nitrogen and oxygen atoms in total. The molecule has 0 bridgehead atoms. The SMILES string of the molecule is CCCN(N)/C=C(\N)c1ccc(Br)cc1. The topological polar surface area (TPSA) is 55.3 Å². The van der Waals surface area contributed by atoms with Crippen LogP contribution in [0.1, 0.15) is 18.9 Å². The van der Waals surface area contributed by atoms with E-state index in [1.54, 1.807) is 11.2 Å². The first-order valence-electron chi connectivity index (χ1n) is 4.88. The van der Waals surface area contributed by atoms with Crippen molar-refractivity contribution in [2.75, 3.05) is 6.54 Å². The van der Waals surface area contributed by atoms with Crippen LogP contribution in [0.4, 0.5) is 0 Å². The molecule has 0 spiro atoms. The van der Waals surface area contributed by atoms with Gasteiger partial charge in [-0.2, -0.15) is 0 Å². The highest BCUT2D eigenvalue weighted by Crippen LogP contribution is 2.14. The Morgan fingerprint density at radius 3 is 2.53 bits per heavy atom. The predicted octanol–water partition coefficient (Wildman–Crippen LogP) is 2.29. The van der Waals surface area contributed by atoms with E-state index in [0.29, 0.717) is 5.70 Å². The Kier molecular flexibility index (Phi) is 4.65. The van der Waals surface area contributed by atoms with E-state index in [1.165, 1.54) is 0 Å². The fourth-order valence-electron chi connectivity index (χ4n) is 1.22. The van der Waals surface area contributed by atoms with Gasteiger partial charge in [-0.1, -0.05) is 35.0 Å². The van der Waals surface area contributed by atoms with Gasteiger partial charge in [-0.05, 0) is 24.1 Å². The molecule has 0 heterocycles. The largest absolute Gasteiger partial charge is 0.397 e. The van der Waals surface area contributed by atoms with Gasteiger partial charge in [0, 0.05) is 17.2 Å². The molecule has 4 heteroatoms. The van der Waals surface area contributed by atoms with Gasteiger partial charge in [-0.25, -0.2) is 5.84 Å². The second-order valence-corrected chi connectivity index (χ2v) is 4.24. The Bertz CT molecular complexity index is 332. The van der Waals surface area contributed by atoms with E-state index in [2.05, 4.69) is 22.9 Å². The maximum Gasteiger partial charge on any atom is 0.0564 e. The molecule has 0 fully saturated rings. The fraction of sp³-hybridized carbons (Fsp3) is 0.273. The molecule has 0 aliphatic heterocycles. The number of benzene rings is 1. The Labute approximate surface area is 98.8 Å². The Balaban J connectivity index is 2.75. The lowest BCUT2D eigenvalue weighted by atomic mass is 10.2. The van der Waals surface area contributed by atoms with Crippen LogP contribution >= 0.6 is 15.9 Å². The van der Waals surface area contributed by atoms with Gasteiger partial charge in [-0.3, -0.25) is 0 Å². The molecule has 1 aromatic rings. The Hall–Kier alpha value is -1.000. The highest BCUT2D eigenvalue weighted by atomic mass is 79.9. The quantitative estimate of drug-likeness (QED) is 0.652. The number of nitrogens with two attached hydrogens (primary N) is 2. The lowest BCUT2D eigenvalue weighted by Crippen LogP contribution is -2.26. The van der Waals surface area contributed by atoms with E-state index < -0.39 is 0 Å². The molecule has 0 aromatic heterocycles. The molecule has 0 atom stereocenters. The van der Waals surface area contributed by atoms with Gasteiger partial charge in [-0.15, -0.1) is 0 Å². The maximum atomic E-state index is 5.90. The molecule has 82 valence electrons. The average Bonchev–Trinajstić information content (AvgIpc) is 2.18. The number of hydrogen-bond acceptors (Lipinski definition) is 3. The first-order chi connectivity index (χ1) is 7.13. The van der Waals surface area contributed by atoms with Crippen LogP contribution in [0.2, 0.25) is 0 Å². The van der Waals surface area contributed by atoms with Crippen molar-refractivity contribution >= 4 is 21.6 Å². The average molecular weight is 270 g/mol. The van der Waals surface area contributed by atoms with E-state index in [4.69, 9.17) is 11.6 Å². The van der Waals surface area contributed by atoms with Crippen molar-refractivity contribution in [3.63, 3.8) is 0 Å². The molecule has 4 N–H and O–H groups in total. The minimum Gasteiger partial charge on any atom is -0.397 e. The molecule has 1 aromatic carbocycles. The van der Waals surface area contributed by atoms with E-state index in [1.807, 2.05) is 24.3 Å². The van der Waals surface area contributed by atoms with E-state index >= 15 is 0 Å². The number of hydrazine groups is 1. The summed E-state index contributed by atoms with van der Waals surface area (Å²) in [4.78, 5) is 0. The molecule has 0 aliphatic carbocycles. The summed E-state index contributed by atoms with van der Waals surface area (Å²) in [7, 11) is 0. The lowest BCUT2D eigenvalue weighted by molar-refractivity contribution is 0.394. The van der Waals surface area contributed by atoms with Crippen LogP contribution in [0.25, 0.3) is 5.70 Å². The van der Waals surface area contributed by atoms with Crippen molar-refractivity contribution in [3.05, 3.63) is 40.5 Å². The minimum atomic E-state index is 0.679. The third kappa shape index (κ3) is 3.93. The molecule has 0 aliphatic rings. The molecule has 0 amide bonds. The lowest BCUT2D eigenvalue weighted by Gasteiger charge is -2.13. The van der Waals surface area contributed by atoms with Crippen molar-refractivity contribution in [3.8, 4) is 0 Å². The van der Waals surface area contributed by atoms with Crippen molar-refractivity contribution in [2.24, 2.45) is 11.6 Å². The molecule has 0 unspecified atom stereocenters. The molecular formula is C11H16BrN3. The highest BCUT2D eigenvalue weighted by Gasteiger charge is 1.98. The summed E-state index contributed by atoms with van der Waals surface area (Å²) < 4.78 is 1.04. The number of hydrogen-bond donors (Lipinski definition) is 2. The van der Waals surface area contributed by atoms with Crippen LogP contribution in [-0.2, 0) is 0 Å². The van der Waals surface area contributed by atoms with Gasteiger partial charge in [0.05, 0.1) is 5.70 Å². The van der Waals surface area contributed by atoms with Crippen molar-refractivity contribution in [2.45, 2.75) is 13.3 Å². The zero-order valence-corrected chi connectivity index (χ0v) is 10.4. The summed E-state index contributed by atoms with van der Waals surface area (Å²) in [6.07, 6.45) is 2.76. The van der Waals surface area contributed by atoms with Gasteiger partial charge >= 0.3 is 0 Å². The zero-order valence-electron chi connectivity index (χ0n) is 8.78. The van der Waals surface area contributed by atoms with Gasteiger partial charge in [0.25, 0.3) is 0 Å². The summed E-state index contributed by atoms with van der Waals surface area (Å²) in [5.74, 6) is 5.72. The highest BCUT2D eigenvalue weighted by molar-refractivity contribution is 9.10. The molecule has 15 heavy (non-hydrogen) atoms. The summed E-state index contributed by atoms with van der Waals surface area (Å²) in [6, 6.07) is 7.82. The molecule has 0 saturated heterocycles. The number of rotatable bonds is 4. The summed E-state index contributed by atoms with van der Waals surface area (Å²) in [5, 5.41) is 1.61. The smallest absolute Gasteiger partial charge is 0.0564 e. The first kappa shape index (κ1) is 12.1. The Morgan fingerprint density at radius 2 is 2.00 bits per heavy atom. The van der Waals surface area contributed by atoms with Crippen LogP contribution in [0.15, 0.2) is 34.9 Å². The third-order valence-electron chi connectivity index (χ3n) is 1.96. The number of halogens is 1. The van der Waals surface area contributed by atoms with Crippen molar-refractivity contribution < 1.29 is 0 Å². The molecule has 0 radical (unpaired) electrons. The van der Waals surface area contributed by atoms with Gasteiger partial charge < -0.3 is 10.7 Å². The van der Waals surface area contributed by atoms with Crippen LogP contribution < -0.4 is 11.6 Å². The number of nitrogens with zero attached hydrogens (tertiary/aromatic N) is 1. The third-order valence-corrected chi connectivity index (χ3v) is 2.49. The van der Waals surface area contributed by atoms with Crippen molar-refractivity contribution in [1.82, 2.24) is 5.01 Å². The van der Waals surface area contributed by atoms with Gasteiger partial charge in [0.15, 0.2) is 0 Å². The summed E-state index contributed by atoms with van der Waals surface area (Å²) in [6.45, 7) is 2.88. The van der Waals surface area contributed by atoms with E-state index in [-0.39, 0.29) is 0 Å². The van der Waals surface area contributed by atoms with Crippen LogP contribution in [0.3, 0.4) is 0 Å². The zero-order chi connectivity index (χ0) is 11.3. The summed E-state index contributed by atoms with van der Waals surface area (Å²) in [5.41, 5.74) is 7.56. The molecular weight excluding hydrogens is 254 g/mol. The van der Waals surface area contributed by atoms with Gasteiger partial charge in [0.1, 0.15) is 0 Å². The molecule has 0 saturated carbocycles. The maximum absolute atomic E-state index is 5.90. The normalized spacial score (nSPS) is 11.5. The monoisotopic (exact) mass is 269 g/mol. The second kappa shape index (κ2) is 5.78. The van der Waals surface area contributed by atoms with E-state index in [9.17, 15) is 0 Å². The standard InChI is InChI=1S/C11H16BrN3/c1-2-7-15(14)8-11(13)9-3-5-10(12)6-4-9/h3-6,8H,2,7,13-14H2,1H3/b11-8-. The summed E-state index contributed by atoms with van der Waals surface area (Å²) >= 11 is 3.37. The second-order valence-electron chi connectivity index (χ2n) is 3.33.